The number of nitrogens with one attached hydrogen (secondary N) is 2. The molecule has 0 bridgehead atoms. The van der Waals surface area contributed by atoms with Crippen molar-refractivity contribution in [2.75, 3.05) is 25.5 Å². The van der Waals surface area contributed by atoms with E-state index in [1.165, 1.54) is 47.0 Å². The number of hydrogen-bond acceptors (Lipinski definition) is 7. The van der Waals surface area contributed by atoms with E-state index in [0.29, 0.717) is 18.0 Å². The van der Waals surface area contributed by atoms with E-state index in [0.717, 1.165) is 35.5 Å². The molecule has 10 nitrogen and oxygen atoms in total. The summed E-state index contributed by atoms with van der Waals surface area (Å²) < 4.78 is 27.3. The standard InChI is InChI=1S/C27H31N5O5S2/c1-3-14-32-15-13-21-22(17-32)38-26(23(21)25(34)30-27(28)35)29-24(33)19-9-11-20(12-10-19)39(36,37)31(2)16-18-7-5-4-6-8-18/h4-12H,3,13-17H2,1-2H3,(H,29,33)(H3,28,30,34,35). The lowest BCUT2D eigenvalue weighted by Crippen LogP contribution is -2.36. The third-order valence-electron chi connectivity index (χ3n) is 6.44. The lowest BCUT2D eigenvalue weighted by atomic mass is 10.0. The molecular formula is C27H31N5O5S2. The fourth-order valence-electron chi connectivity index (χ4n) is 4.53. The second-order valence-corrected chi connectivity index (χ2v) is 12.4. The summed E-state index contributed by atoms with van der Waals surface area (Å²) >= 11 is 1.29. The number of imide groups is 1. The number of urea groups is 1. The summed E-state index contributed by atoms with van der Waals surface area (Å²) in [5.74, 6) is -1.17. The molecule has 0 saturated carbocycles. The van der Waals surface area contributed by atoms with Crippen LogP contribution in [-0.2, 0) is 29.5 Å². The van der Waals surface area contributed by atoms with E-state index in [1.807, 2.05) is 30.3 Å². The number of primary amides is 1. The summed E-state index contributed by atoms with van der Waals surface area (Å²) in [5.41, 5.74) is 7.29. The van der Waals surface area contributed by atoms with Crippen molar-refractivity contribution in [3.05, 3.63) is 81.7 Å². The number of rotatable bonds is 9. The molecule has 0 atom stereocenters. The predicted molar refractivity (Wildman–Crippen MR) is 150 cm³/mol. The third kappa shape index (κ3) is 6.53. The minimum Gasteiger partial charge on any atom is -0.351 e. The number of hydrogen-bond donors (Lipinski definition) is 3. The number of carbonyl (C=O) groups excluding carboxylic acids is 3. The van der Waals surface area contributed by atoms with Gasteiger partial charge < -0.3 is 11.1 Å². The van der Waals surface area contributed by atoms with Crippen LogP contribution in [0.2, 0.25) is 0 Å². The van der Waals surface area contributed by atoms with Gasteiger partial charge in [0.15, 0.2) is 0 Å². The van der Waals surface area contributed by atoms with Gasteiger partial charge in [-0.25, -0.2) is 13.2 Å². The van der Waals surface area contributed by atoms with Crippen LogP contribution >= 0.6 is 11.3 Å². The number of carbonyl (C=O) groups is 3. The van der Waals surface area contributed by atoms with Gasteiger partial charge in [0.1, 0.15) is 5.00 Å². The molecule has 0 fully saturated rings. The topological polar surface area (TPSA) is 142 Å². The Morgan fingerprint density at radius 3 is 2.38 bits per heavy atom. The summed E-state index contributed by atoms with van der Waals surface area (Å²) in [6.45, 7) is 4.62. The van der Waals surface area contributed by atoms with Gasteiger partial charge in [-0.05, 0) is 54.8 Å². The number of amides is 4. The van der Waals surface area contributed by atoms with Crippen LogP contribution in [0.25, 0.3) is 0 Å². The van der Waals surface area contributed by atoms with Crippen LogP contribution in [-0.4, -0.2) is 55.6 Å². The molecular weight excluding hydrogens is 538 g/mol. The molecule has 39 heavy (non-hydrogen) atoms. The van der Waals surface area contributed by atoms with Crippen molar-refractivity contribution >= 4 is 44.2 Å². The van der Waals surface area contributed by atoms with Gasteiger partial charge in [-0.2, -0.15) is 4.31 Å². The molecule has 206 valence electrons. The monoisotopic (exact) mass is 569 g/mol. The lowest BCUT2D eigenvalue weighted by molar-refractivity contribution is 0.0965. The molecule has 2 heterocycles. The van der Waals surface area contributed by atoms with E-state index in [9.17, 15) is 22.8 Å². The summed E-state index contributed by atoms with van der Waals surface area (Å²) in [4.78, 5) is 40.6. The largest absolute Gasteiger partial charge is 0.351 e. The lowest BCUT2D eigenvalue weighted by Gasteiger charge is -2.26. The number of nitrogens with zero attached hydrogens (tertiary/aromatic N) is 2. The molecule has 1 aromatic heterocycles. The van der Waals surface area contributed by atoms with Crippen molar-refractivity contribution < 1.29 is 22.8 Å². The van der Waals surface area contributed by atoms with E-state index in [4.69, 9.17) is 5.73 Å². The van der Waals surface area contributed by atoms with Crippen molar-refractivity contribution in [3.63, 3.8) is 0 Å². The smallest absolute Gasteiger partial charge is 0.319 e. The first-order valence-corrected chi connectivity index (χ1v) is 14.7. The van der Waals surface area contributed by atoms with Gasteiger partial charge in [-0.3, -0.25) is 19.8 Å². The minimum absolute atomic E-state index is 0.0570. The first kappa shape index (κ1) is 28.4. The highest BCUT2D eigenvalue weighted by atomic mass is 32.2. The summed E-state index contributed by atoms with van der Waals surface area (Å²) in [6, 6.07) is 13.9. The average molecular weight is 570 g/mol. The fourth-order valence-corrected chi connectivity index (χ4v) is 6.97. The Kier molecular flexibility index (Phi) is 8.80. The zero-order valence-corrected chi connectivity index (χ0v) is 23.4. The van der Waals surface area contributed by atoms with Gasteiger partial charge in [0.05, 0.1) is 10.5 Å². The molecule has 0 saturated heterocycles. The van der Waals surface area contributed by atoms with Crippen molar-refractivity contribution in [1.82, 2.24) is 14.5 Å². The predicted octanol–water partition coefficient (Wildman–Crippen LogP) is 3.40. The second-order valence-electron chi connectivity index (χ2n) is 9.28. The molecule has 1 aliphatic heterocycles. The van der Waals surface area contributed by atoms with Gasteiger partial charge >= 0.3 is 6.03 Å². The van der Waals surface area contributed by atoms with Gasteiger partial charge in [0, 0.05) is 37.1 Å². The van der Waals surface area contributed by atoms with Crippen LogP contribution in [0.1, 0.15) is 50.1 Å². The highest BCUT2D eigenvalue weighted by Gasteiger charge is 2.29. The molecule has 2 aromatic carbocycles. The van der Waals surface area contributed by atoms with Gasteiger partial charge in [0.2, 0.25) is 10.0 Å². The van der Waals surface area contributed by atoms with E-state index < -0.39 is 27.9 Å². The quantitative estimate of drug-likeness (QED) is 0.361. The van der Waals surface area contributed by atoms with Crippen LogP contribution in [0, 0.1) is 0 Å². The third-order valence-corrected chi connectivity index (χ3v) is 9.39. The number of thiophene rings is 1. The molecule has 4 rings (SSSR count). The number of fused-ring (bicyclic) bond motifs is 1. The van der Waals surface area contributed by atoms with E-state index >= 15 is 0 Å². The molecule has 0 radical (unpaired) electrons. The number of nitrogens with two attached hydrogens (primary N) is 1. The van der Waals surface area contributed by atoms with Crippen molar-refractivity contribution in [1.29, 1.82) is 0 Å². The normalized spacial score (nSPS) is 13.6. The van der Waals surface area contributed by atoms with Gasteiger partial charge in [0.25, 0.3) is 11.8 Å². The van der Waals surface area contributed by atoms with E-state index in [-0.39, 0.29) is 22.6 Å². The fraction of sp³-hybridized carbons (Fsp3) is 0.296. The Morgan fingerprint density at radius 2 is 1.74 bits per heavy atom. The molecule has 3 aromatic rings. The highest BCUT2D eigenvalue weighted by Crippen LogP contribution is 2.37. The Bertz CT molecular complexity index is 1470. The zero-order valence-electron chi connectivity index (χ0n) is 21.8. The summed E-state index contributed by atoms with van der Waals surface area (Å²) in [6.07, 6.45) is 1.60. The summed E-state index contributed by atoms with van der Waals surface area (Å²) in [7, 11) is -2.28. The average Bonchev–Trinajstić information content (AvgIpc) is 3.26. The molecule has 0 spiro atoms. The maximum atomic E-state index is 13.1. The van der Waals surface area contributed by atoms with E-state index in [2.05, 4.69) is 22.5 Å². The van der Waals surface area contributed by atoms with Crippen molar-refractivity contribution in [2.45, 2.75) is 37.8 Å². The van der Waals surface area contributed by atoms with Crippen LogP contribution in [0.3, 0.4) is 0 Å². The van der Waals surface area contributed by atoms with Crippen LogP contribution in [0.5, 0.6) is 0 Å². The number of anilines is 1. The van der Waals surface area contributed by atoms with Crippen LogP contribution in [0.4, 0.5) is 9.80 Å². The SMILES string of the molecule is CCCN1CCc2c(sc(NC(=O)c3ccc(S(=O)(=O)N(C)Cc4ccccc4)cc3)c2C(=O)NC(N)=O)C1. The first-order valence-electron chi connectivity index (χ1n) is 12.5. The number of benzene rings is 2. The molecule has 1 aliphatic rings. The van der Waals surface area contributed by atoms with Crippen LogP contribution in [0.15, 0.2) is 59.5 Å². The van der Waals surface area contributed by atoms with Crippen molar-refractivity contribution in [2.24, 2.45) is 5.73 Å². The Morgan fingerprint density at radius 1 is 1.05 bits per heavy atom. The zero-order chi connectivity index (χ0) is 28.2. The Labute approximate surface area is 231 Å². The minimum atomic E-state index is -3.78. The molecule has 0 unspecified atom stereocenters. The molecule has 4 N–H and O–H groups in total. The Hall–Kier alpha value is -3.58. The summed E-state index contributed by atoms with van der Waals surface area (Å²) in [5, 5.41) is 5.22. The molecule has 0 aliphatic carbocycles. The highest BCUT2D eigenvalue weighted by molar-refractivity contribution is 7.89. The maximum absolute atomic E-state index is 13.1. The number of sulfonamides is 1. The van der Waals surface area contributed by atoms with Gasteiger partial charge in [-0.1, -0.05) is 37.3 Å². The van der Waals surface area contributed by atoms with Crippen molar-refractivity contribution in [3.8, 4) is 0 Å². The van der Waals surface area contributed by atoms with Gasteiger partial charge in [-0.15, -0.1) is 11.3 Å². The Balaban J connectivity index is 1.54. The molecule has 12 heteroatoms. The molecule has 4 amide bonds. The first-order chi connectivity index (χ1) is 18.6. The second kappa shape index (κ2) is 12.1. The maximum Gasteiger partial charge on any atom is 0.319 e. The van der Waals surface area contributed by atoms with E-state index in [1.54, 1.807) is 0 Å². The van der Waals surface area contributed by atoms with Crippen LogP contribution < -0.4 is 16.4 Å².